The van der Waals surface area contributed by atoms with Gasteiger partial charge in [0, 0.05) is 25.7 Å². The second-order valence-corrected chi connectivity index (χ2v) is 5.34. The summed E-state index contributed by atoms with van der Waals surface area (Å²) < 4.78 is 1.46. The van der Waals surface area contributed by atoms with Crippen LogP contribution in [0, 0.1) is 11.3 Å². The van der Waals surface area contributed by atoms with Gasteiger partial charge in [0.15, 0.2) is 5.69 Å². The molecule has 0 saturated heterocycles. The molecule has 1 aromatic carbocycles. The van der Waals surface area contributed by atoms with Crippen LogP contribution in [0.15, 0.2) is 30.3 Å². The largest absolute Gasteiger partial charge is 0.476 e. The molecule has 2 heterocycles. The molecule has 3 rings (SSSR count). The first kappa shape index (κ1) is 14.8. The van der Waals surface area contributed by atoms with Gasteiger partial charge in [-0.25, -0.2) is 4.79 Å². The molecule has 0 spiro atoms. The Morgan fingerprint density at radius 2 is 2.17 bits per heavy atom. The SMILES string of the molecule is N#Cc1cccc(CN2CCCn3nc(C(=O)O)cc3C2=O)c1. The van der Waals surface area contributed by atoms with Gasteiger partial charge in [-0.2, -0.15) is 10.4 Å². The van der Waals surface area contributed by atoms with Crippen molar-refractivity contribution >= 4 is 11.9 Å². The van der Waals surface area contributed by atoms with Gasteiger partial charge in [-0.05, 0) is 24.1 Å². The zero-order valence-electron chi connectivity index (χ0n) is 12.3. The summed E-state index contributed by atoms with van der Waals surface area (Å²) in [6, 6.07) is 10.5. The highest BCUT2D eigenvalue weighted by Gasteiger charge is 2.26. The van der Waals surface area contributed by atoms with Crippen LogP contribution in [0.3, 0.4) is 0 Å². The molecule has 1 amide bonds. The monoisotopic (exact) mass is 310 g/mol. The molecule has 1 aliphatic rings. The molecule has 0 radical (unpaired) electrons. The molecule has 1 N–H and O–H groups in total. The summed E-state index contributed by atoms with van der Waals surface area (Å²) in [5.41, 5.74) is 1.57. The van der Waals surface area contributed by atoms with Crippen LogP contribution < -0.4 is 0 Å². The molecule has 0 atom stereocenters. The fourth-order valence-corrected chi connectivity index (χ4v) is 2.65. The van der Waals surface area contributed by atoms with E-state index in [2.05, 4.69) is 11.2 Å². The average molecular weight is 310 g/mol. The zero-order valence-corrected chi connectivity index (χ0v) is 12.3. The third-order valence-electron chi connectivity index (χ3n) is 3.73. The molecule has 7 heteroatoms. The Kier molecular flexibility index (Phi) is 3.81. The van der Waals surface area contributed by atoms with E-state index in [0.717, 1.165) is 5.56 Å². The Hall–Kier alpha value is -3.14. The lowest BCUT2D eigenvalue weighted by Gasteiger charge is -2.20. The summed E-state index contributed by atoms with van der Waals surface area (Å²) in [7, 11) is 0. The number of benzene rings is 1. The highest BCUT2D eigenvalue weighted by Crippen LogP contribution is 2.17. The maximum atomic E-state index is 12.6. The van der Waals surface area contributed by atoms with Crippen LogP contribution in [0.5, 0.6) is 0 Å². The number of carbonyl (C=O) groups excluding carboxylic acids is 1. The molecule has 0 bridgehead atoms. The molecular weight excluding hydrogens is 296 g/mol. The Morgan fingerprint density at radius 3 is 2.91 bits per heavy atom. The van der Waals surface area contributed by atoms with Crippen LogP contribution in [0.4, 0.5) is 0 Å². The predicted octanol–water partition coefficient (Wildman–Crippen LogP) is 1.50. The van der Waals surface area contributed by atoms with Crippen LogP contribution in [-0.4, -0.2) is 38.2 Å². The van der Waals surface area contributed by atoms with Gasteiger partial charge in [0.1, 0.15) is 5.69 Å². The Bertz CT molecular complexity index is 819. The van der Waals surface area contributed by atoms with Crippen molar-refractivity contribution in [2.24, 2.45) is 0 Å². The van der Waals surface area contributed by atoms with Crippen molar-refractivity contribution in [1.82, 2.24) is 14.7 Å². The molecule has 23 heavy (non-hydrogen) atoms. The Labute approximate surface area is 132 Å². The predicted molar refractivity (Wildman–Crippen MR) is 79.7 cm³/mol. The molecule has 0 saturated carbocycles. The third kappa shape index (κ3) is 2.92. The van der Waals surface area contributed by atoms with Crippen molar-refractivity contribution in [2.75, 3.05) is 6.54 Å². The topological polar surface area (TPSA) is 99.2 Å². The normalized spacial score (nSPS) is 14.0. The van der Waals surface area contributed by atoms with E-state index in [1.165, 1.54) is 10.7 Å². The number of amides is 1. The second kappa shape index (κ2) is 5.93. The maximum Gasteiger partial charge on any atom is 0.356 e. The van der Waals surface area contributed by atoms with E-state index in [4.69, 9.17) is 10.4 Å². The van der Waals surface area contributed by atoms with Crippen molar-refractivity contribution in [2.45, 2.75) is 19.5 Å². The summed E-state index contributed by atoms with van der Waals surface area (Å²) in [4.78, 5) is 25.3. The van der Waals surface area contributed by atoms with E-state index in [9.17, 15) is 9.59 Å². The number of hydrogen-bond donors (Lipinski definition) is 1. The van der Waals surface area contributed by atoms with E-state index in [-0.39, 0.29) is 17.3 Å². The lowest BCUT2D eigenvalue weighted by molar-refractivity contribution is 0.0689. The van der Waals surface area contributed by atoms with Crippen LogP contribution >= 0.6 is 0 Å². The van der Waals surface area contributed by atoms with Crippen LogP contribution in [0.25, 0.3) is 0 Å². The maximum absolute atomic E-state index is 12.6. The fraction of sp³-hybridized carbons (Fsp3) is 0.250. The average Bonchev–Trinajstić information content (AvgIpc) is 2.92. The standard InChI is InChI=1S/C16H14N4O3/c17-9-11-3-1-4-12(7-11)10-19-5-2-6-20-14(15(19)21)8-13(18-20)16(22)23/h1,3-4,7-8H,2,5-6,10H2,(H,22,23). The smallest absolute Gasteiger partial charge is 0.356 e. The zero-order chi connectivity index (χ0) is 16.4. The van der Waals surface area contributed by atoms with Gasteiger partial charge in [0.2, 0.25) is 0 Å². The lowest BCUT2D eigenvalue weighted by Crippen LogP contribution is -2.30. The van der Waals surface area contributed by atoms with Crippen molar-refractivity contribution in [3.05, 3.63) is 52.8 Å². The van der Waals surface area contributed by atoms with Crippen molar-refractivity contribution in [3.8, 4) is 6.07 Å². The number of carboxylic acids is 1. The number of carboxylic acid groups (broad SMARTS) is 1. The minimum absolute atomic E-state index is 0.123. The number of aromatic carboxylic acids is 1. The molecule has 0 aliphatic carbocycles. The van der Waals surface area contributed by atoms with Crippen molar-refractivity contribution in [1.29, 1.82) is 5.26 Å². The summed E-state index contributed by atoms with van der Waals surface area (Å²) in [6.45, 7) is 1.44. The first-order chi connectivity index (χ1) is 11.1. The Morgan fingerprint density at radius 1 is 1.35 bits per heavy atom. The first-order valence-electron chi connectivity index (χ1n) is 7.18. The molecular formula is C16H14N4O3. The number of aryl methyl sites for hydroxylation is 1. The number of aromatic nitrogens is 2. The van der Waals surface area contributed by atoms with Gasteiger partial charge in [0.25, 0.3) is 5.91 Å². The lowest BCUT2D eigenvalue weighted by atomic mass is 10.1. The number of hydrogen-bond acceptors (Lipinski definition) is 4. The van der Waals surface area contributed by atoms with Gasteiger partial charge < -0.3 is 10.0 Å². The fourth-order valence-electron chi connectivity index (χ4n) is 2.65. The summed E-state index contributed by atoms with van der Waals surface area (Å²) >= 11 is 0. The molecule has 7 nitrogen and oxygen atoms in total. The van der Waals surface area contributed by atoms with Gasteiger partial charge in [-0.1, -0.05) is 12.1 Å². The summed E-state index contributed by atoms with van der Waals surface area (Å²) in [6.07, 6.45) is 0.692. The summed E-state index contributed by atoms with van der Waals surface area (Å²) in [5, 5.41) is 21.9. The Balaban J connectivity index is 1.87. The number of fused-ring (bicyclic) bond motifs is 1. The van der Waals surface area contributed by atoms with E-state index in [1.807, 2.05) is 6.07 Å². The molecule has 116 valence electrons. The minimum Gasteiger partial charge on any atom is -0.476 e. The van der Waals surface area contributed by atoms with Gasteiger partial charge in [-0.3, -0.25) is 9.48 Å². The molecule has 0 fully saturated rings. The van der Waals surface area contributed by atoms with E-state index >= 15 is 0 Å². The molecule has 0 unspecified atom stereocenters. The van der Waals surface area contributed by atoms with Crippen LogP contribution in [0.1, 0.15) is 38.5 Å². The van der Waals surface area contributed by atoms with E-state index < -0.39 is 5.97 Å². The molecule has 1 aromatic heterocycles. The number of nitrogens with zero attached hydrogens (tertiary/aromatic N) is 4. The van der Waals surface area contributed by atoms with Crippen LogP contribution in [-0.2, 0) is 13.1 Å². The number of rotatable bonds is 3. The van der Waals surface area contributed by atoms with E-state index in [1.54, 1.807) is 23.1 Å². The highest BCUT2D eigenvalue weighted by atomic mass is 16.4. The van der Waals surface area contributed by atoms with Gasteiger partial charge in [0.05, 0.1) is 11.6 Å². The van der Waals surface area contributed by atoms with Crippen molar-refractivity contribution in [3.63, 3.8) is 0 Å². The third-order valence-corrected chi connectivity index (χ3v) is 3.73. The highest BCUT2D eigenvalue weighted by molar-refractivity contribution is 5.95. The van der Waals surface area contributed by atoms with Crippen molar-refractivity contribution < 1.29 is 14.7 Å². The minimum atomic E-state index is -1.15. The number of carbonyl (C=O) groups is 2. The first-order valence-corrected chi connectivity index (χ1v) is 7.18. The van der Waals surface area contributed by atoms with Crippen LogP contribution in [0.2, 0.25) is 0 Å². The summed E-state index contributed by atoms with van der Waals surface area (Å²) in [5.74, 6) is -1.39. The van der Waals surface area contributed by atoms with Gasteiger partial charge in [-0.15, -0.1) is 0 Å². The molecule has 1 aliphatic heterocycles. The van der Waals surface area contributed by atoms with Gasteiger partial charge >= 0.3 is 5.97 Å². The second-order valence-electron chi connectivity index (χ2n) is 5.34. The quantitative estimate of drug-likeness (QED) is 0.926. The number of nitriles is 1. The molecule has 2 aromatic rings. The van der Waals surface area contributed by atoms with E-state index in [0.29, 0.717) is 31.6 Å².